The summed E-state index contributed by atoms with van der Waals surface area (Å²) in [6.07, 6.45) is 5.93. The van der Waals surface area contributed by atoms with Crippen molar-refractivity contribution in [3.8, 4) is 0 Å². The van der Waals surface area contributed by atoms with E-state index < -0.39 is 0 Å². The van der Waals surface area contributed by atoms with Crippen LogP contribution in [0.1, 0.15) is 61.4 Å². The van der Waals surface area contributed by atoms with Crippen LogP contribution in [0.2, 0.25) is 0 Å². The average Bonchev–Trinajstić information content (AvgIpc) is 3.05. The normalized spacial score (nSPS) is 16.2. The van der Waals surface area contributed by atoms with E-state index in [1.807, 2.05) is 0 Å². The van der Waals surface area contributed by atoms with Crippen molar-refractivity contribution in [3.05, 3.63) is 29.2 Å². The highest BCUT2D eigenvalue weighted by Gasteiger charge is 2.25. The monoisotopic (exact) mass is 290 g/mol. The van der Waals surface area contributed by atoms with Crippen molar-refractivity contribution < 1.29 is 18.7 Å². The number of rotatable bonds is 5. The number of allylic oxidation sites excluding steroid dienone is 1. The van der Waals surface area contributed by atoms with Gasteiger partial charge in [-0.05, 0) is 45.6 Å². The summed E-state index contributed by atoms with van der Waals surface area (Å²) < 4.78 is 10.7. The molecule has 4 heteroatoms. The first-order valence-electron chi connectivity index (χ1n) is 7.53. The van der Waals surface area contributed by atoms with Gasteiger partial charge in [0, 0.05) is 11.6 Å². The van der Waals surface area contributed by atoms with Crippen LogP contribution in [0.25, 0.3) is 5.57 Å². The van der Waals surface area contributed by atoms with Gasteiger partial charge in [-0.3, -0.25) is 4.79 Å². The van der Waals surface area contributed by atoms with E-state index in [0.29, 0.717) is 29.6 Å². The summed E-state index contributed by atoms with van der Waals surface area (Å²) in [6, 6.07) is 1.75. The van der Waals surface area contributed by atoms with Crippen molar-refractivity contribution in [2.75, 3.05) is 6.61 Å². The average molecular weight is 290 g/mol. The Balaban J connectivity index is 2.37. The fourth-order valence-electron chi connectivity index (χ4n) is 2.91. The Morgan fingerprint density at radius 3 is 2.57 bits per heavy atom. The fourth-order valence-corrected chi connectivity index (χ4v) is 2.91. The van der Waals surface area contributed by atoms with Gasteiger partial charge in [0.25, 0.3) is 0 Å². The maximum Gasteiger partial charge on any atom is 0.331 e. The standard InChI is InChI=1S/C17H22O4/c1-4-20-17(19)10-15(13-7-5-6-8-13)16-9-14(11(2)18)12(3)21-16/h9-10,13H,4-8H2,1-3H3/b15-10-. The van der Waals surface area contributed by atoms with E-state index >= 15 is 0 Å². The number of carbonyl (C=O) groups excluding carboxylic acids is 2. The number of ketones is 1. The van der Waals surface area contributed by atoms with E-state index in [9.17, 15) is 9.59 Å². The zero-order valence-corrected chi connectivity index (χ0v) is 12.9. The molecule has 0 atom stereocenters. The van der Waals surface area contributed by atoms with Crippen LogP contribution in [0.4, 0.5) is 0 Å². The molecule has 1 aromatic rings. The lowest BCUT2D eigenvalue weighted by atomic mass is 9.94. The van der Waals surface area contributed by atoms with Gasteiger partial charge in [-0.25, -0.2) is 4.79 Å². The number of furan rings is 1. The minimum atomic E-state index is -0.349. The molecule has 0 bridgehead atoms. The Hall–Kier alpha value is -1.84. The molecule has 4 nitrogen and oxygen atoms in total. The van der Waals surface area contributed by atoms with Crippen molar-refractivity contribution in [2.24, 2.45) is 5.92 Å². The topological polar surface area (TPSA) is 56.5 Å². The van der Waals surface area contributed by atoms with E-state index in [2.05, 4.69) is 0 Å². The molecule has 0 aromatic carbocycles. The van der Waals surface area contributed by atoms with Gasteiger partial charge in [-0.2, -0.15) is 0 Å². The van der Waals surface area contributed by atoms with E-state index in [-0.39, 0.29) is 11.8 Å². The lowest BCUT2D eigenvalue weighted by Gasteiger charge is -2.12. The number of hydrogen-bond acceptors (Lipinski definition) is 4. The molecule has 21 heavy (non-hydrogen) atoms. The van der Waals surface area contributed by atoms with Gasteiger partial charge in [0.1, 0.15) is 11.5 Å². The van der Waals surface area contributed by atoms with Gasteiger partial charge in [-0.15, -0.1) is 0 Å². The molecule has 0 N–H and O–H groups in total. The summed E-state index contributed by atoms with van der Waals surface area (Å²) >= 11 is 0. The number of ether oxygens (including phenoxy) is 1. The second-order valence-electron chi connectivity index (χ2n) is 5.47. The van der Waals surface area contributed by atoms with Gasteiger partial charge in [0.15, 0.2) is 5.78 Å². The second kappa shape index (κ2) is 6.74. The first-order chi connectivity index (χ1) is 10.0. The second-order valence-corrected chi connectivity index (χ2v) is 5.47. The third kappa shape index (κ3) is 3.63. The van der Waals surface area contributed by atoms with Crippen LogP contribution in [0.3, 0.4) is 0 Å². The molecule has 0 saturated heterocycles. The molecule has 2 rings (SSSR count). The Labute approximate surface area is 125 Å². The number of esters is 1. The van der Waals surface area contributed by atoms with Crippen LogP contribution >= 0.6 is 0 Å². The SMILES string of the molecule is CCOC(=O)/C=C(\c1cc(C(C)=O)c(C)o1)C1CCCC1. The van der Waals surface area contributed by atoms with E-state index in [0.717, 1.165) is 31.3 Å². The number of hydrogen-bond donors (Lipinski definition) is 0. The Morgan fingerprint density at radius 2 is 2.05 bits per heavy atom. The van der Waals surface area contributed by atoms with E-state index in [1.54, 1.807) is 19.9 Å². The first kappa shape index (κ1) is 15.5. The summed E-state index contributed by atoms with van der Waals surface area (Å²) in [6.45, 7) is 5.43. The van der Waals surface area contributed by atoms with Crippen LogP contribution < -0.4 is 0 Å². The molecule has 0 amide bonds. The molecule has 1 aliphatic carbocycles. The van der Waals surface area contributed by atoms with Crippen molar-refractivity contribution in [2.45, 2.75) is 46.5 Å². The highest BCUT2D eigenvalue weighted by atomic mass is 16.5. The van der Waals surface area contributed by atoms with Crippen LogP contribution in [0.5, 0.6) is 0 Å². The highest BCUT2D eigenvalue weighted by molar-refractivity contribution is 5.97. The summed E-state index contributed by atoms with van der Waals surface area (Å²) in [5.74, 6) is 1.16. The predicted octanol–water partition coefficient (Wildman–Crippen LogP) is 3.93. The fraction of sp³-hybridized carbons (Fsp3) is 0.529. The van der Waals surface area contributed by atoms with Crippen molar-refractivity contribution >= 4 is 17.3 Å². The van der Waals surface area contributed by atoms with E-state index in [1.165, 1.54) is 13.0 Å². The largest absolute Gasteiger partial charge is 0.463 e. The van der Waals surface area contributed by atoms with Crippen LogP contribution in [0, 0.1) is 12.8 Å². The molecule has 1 aliphatic rings. The molecule has 0 spiro atoms. The molecule has 1 heterocycles. The molecule has 0 unspecified atom stereocenters. The molecular weight excluding hydrogens is 268 g/mol. The summed E-state index contributed by atoms with van der Waals surface area (Å²) in [5.41, 5.74) is 1.44. The van der Waals surface area contributed by atoms with Gasteiger partial charge >= 0.3 is 5.97 Å². The van der Waals surface area contributed by atoms with Gasteiger partial charge in [-0.1, -0.05) is 12.8 Å². The maximum atomic E-state index is 11.8. The quantitative estimate of drug-likeness (QED) is 0.468. The lowest BCUT2D eigenvalue weighted by Crippen LogP contribution is -2.05. The van der Waals surface area contributed by atoms with Crippen molar-refractivity contribution in [1.29, 1.82) is 0 Å². The van der Waals surface area contributed by atoms with Gasteiger partial charge in [0.05, 0.1) is 12.2 Å². The molecule has 0 aliphatic heterocycles. The Morgan fingerprint density at radius 1 is 1.38 bits per heavy atom. The van der Waals surface area contributed by atoms with Crippen LogP contribution in [0.15, 0.2) is 16.6 Å². The van der Waals surface area contributed by atoms with Crippen LogP contribution in [-0.2, 0) is 9.53 Å². The smallest absolute Gasteiger partial charge is 0.331 e. The highest BCUT2D eigenvalue weighted by Crippen LogP contribution is 2.38. The van der Waals surface area contributed by atoms with Gasteiger partial charge < -0.3 is 9.15 Å². The minimum absolute atomic E-state index is 0.0237. The van der Waals surface area contributed by atoms with E-state index in [4.69, 9.17) is 9.15 Å². The number of Topliss-reactive ketones (excluding diaryl/α,β-unsaturated/α-hetero) is 1. The van der Waals surface area contributed by atoms with Gasteiger partial charge in [0.2, 0.25) is 0 Å². The maximum absolute atomic E-state index is 11.8. The molecule has 114 valence electrons. The summed E-state index contributed by atoms with van der Waals surface area (Å²) in [4.78, 5) is 23.4. The number of aryl methyl sites for hydroxylation is 1. The predicted molar refractivity (Wildman–Crippen MR) is 80.0 cm³/mol. The summed E-state index contributed by atoms with van der Waals surface area (Å²) in [5, 5.41) is 0. The van der Waals surface area contributed by atoms with Crippen LogP contribution in [-0.4, -0.2) is 18.4 Å². The lowest BCUT2D eigenvalue weighted by molar-refractivity contribution is -0.137. The first-order valence-corrected chi connectivity index (χ1v) is 7.53. The molecule has 0 radical (unpaired) electrons. The zero-order chi connectivity index (χ0) is 15.4. The van der Waals surface area contributed by atoms with Crippen molar-refractivity contribution in [3.63, 3.8) is 0 Å². The Bertz CT molecular complexity index is 559. The third-order valence-corrected chi connectivity index (χ3v) is 3.94. The Kier molecular flexibility index (Phi) is 4.99. The molecule has 1 fully saturated rings. The molecular formula is C17H22O4. The number of carbonyl (C=O) groups is 2. The minimum Gasteiger partial charge on any atom is -0.463 e. The third-order valence-electron chi connectivity index (χ3n) is 3.94. The van der Waals surface area contributed by atoms with Crippen molar-refractivity contribution in [1.82, 2.24) is 0 Å². The molecule has 1 saturated carbocycles. The zero-order valence-electron chi connectivity index (χ0n) is 12.9. The molecule has 1 aromatic heterocycles. The summed E-state index contributed by atoms with van der Waals surface area (Å²) in [7, 11) is 0.